The molecule has 0 spiro atoms. The molecule has 0 aliphatic carbocycles. The van der Waals surface area contributed by atoms with Crippen molar-refractivity contribution in [2.75, 3.05) is 13.1 Å². The Hall–Kier alpha value is -0.320. The Morgan fingerprint density at radius 1 is 1.44 bits per heavy atom. The summed E-state index contributed by atoms with van der Waals surface area (Å²) in [5.74, 6) is 0.980. The summed E-state index contributed by atoms with van der Waals surface area (Å²) in [6, 6.07) is 3.91. The average molecular weight is 288 g/mol. The summed E-state index contributed by atoms with van der Waals surface area (Å²) in [5.41, 5.74) is -0.488. The van der Waals surface area contributed by atoms with E-state index >= 15 is 0 Å². The lowest BCUT2D eigenvalue weighted by molar-refractivity contribution is 0.0442. The lowest BCUT2D eigenvalue weighted by Gasteiger charge is -2.21. The number of halogens is 1. The van der Waals surface area contributed by atoms with Gasteiger partial charge in [-0.3, -0.25) is 4.90 Å². The second kappa shape index (κ2) is 4.90. The number of rotatable bonds is 2. The Kier molecular flexibility index (Phi) is 3.72. The minimum Gasteiger partial charge on any atom is -0.453 e. The molecule has 1 N–H and O–H groups in total. The lowest BCUT2D eigenvalue weighted by atomic mass is 9.98. The van der Waals surface area contributed by atoms with E-state index in [1.807, 2.05) is 19.1 Å². The molecule has 0 aromatic carbocycles. The van der Waals surface area contributed by atoms with Crippen LogP contribution in [0, 0.1) is 0 Å². The molecule has 3 nitrogen and oxygen atoms in total. The fourth-order valence-electron chi connectivity index (χ4n) is 2.13. The van der Waals surface area contributed by atoms with E-state index in [4.69, 9.17) is 4.42 Å². The molecule has 0 radical (unpaired) electrons. The Morgan fingerprint density at radius 3 is 2.94 bits per heavy atom. The van der Waals surface area contributed by atoms with Crippen molar-refractivity contribution < 1.29 is 9.52 Å². The van der Waals surface area contributed by atoms with Crippen LogP contribution in [-0.2, 0) is 6.54 Å². The van der Waals surface area contributed by atoms with Crippen LogP contribution in [0.3, 0.4) is 0 Å². The fourth-order valence-corrected chi connectivity index (χ4v) is 2.47. The predicted molar refractivity (Wildman–Crippen MR) is 66.2 cm³/mol. The minimum absolute atomic E-state index is 0.488. The second-order valence-corrected chi connectivity index (χ2v) is 5.61. The van der Waals surface area contributed by atoms with Crippen LogP contribution in [0.4, 0.5) is 0 Å². The van der Waals surface area contributed by atoms with Gasteiger partial charge in [-0.15, -0.1) is 0 Å². The van der Waals surface area contributed by atoms with E-state index in [9.17, 15) is 5.11 Å². The molecule has 90 valence electrons. The number of hydrogen-bond donors (Lipinski definition) is 1. The number of likely N-dealkylation sites (tertiary alicyclic amines) is 1. The van der Waals surface area contributed by atoms with Crippen molar-refractivity contribution in [1.82, 2.24) is 4.90 Å². The third kappa shape index (κ3) is 3.34. The van der Waals surface area contributed by atoms with Gasteiger partial charge in [0.15, 0.2) is 4.67 Å². The van der Waals surface area contributed by atoms with Gasteiger partial charge in [0.1, 0.15) is 5.76 Å². The molecule has 1 aliphatic rings. The summed E-state index contributed by atoms with van der Waals surface area (Å²) < 4.78 is 6.27. The van der Waals surface area contributed by atoms with Gasteiger partial charge in [0.25, 0.3) is 0 Å². The zero-order chi connectivity index (χ0) is 11.6. The van der Waals surface area contributed by atoms with Gasteiger partial charge in [0.05, 0.1) is 12.1 Å². The first-order chi connectivity index (χ1) is 7.55. The van der Waals surface area contributed by atoms with Gasteiger partial charge in [0.2, 0.25) is 0 Å². The summed E-state index contributed by atoms with van der Waals surface area (Å²) in [7, 11) is 0. The zero-order valence-electron chi connectivity index (χ0n) is 9.58. The number of furan rings is 1. The van der Waals surface area contributed by atoms with Crippen LogP contribution in [0.5, 0.6) is 0 Å². The number of hydrogen-bond acceptors (Lipinski definition) is 3. The van der Waals surface area contributed by atoms with Crippen molar-refractivity contribution in [2.24, 2.45) is 0 Å². The molecule has 0 amide bonds. The quantitative estimate of drug-likeness (QED) is 0.909. The van der Waals surface area contributed by atoms with Gasteiger partial charge in [0, 0.05) is 6.54 Å². The molecule has 1 aliphatic heterocycles. The normalized spacial score (nSPS) is 27.9. The van der Waals surface area contributed by atoms with Gasteiger partial charge < -0.3 is 9.52 Å². The average Bonchev–Trinajstić information content (AvgIpc) is 2.52. The first-order valence-corrected chi connectivity index (χ1v) is 6.53. The number of aliphatic hydroxyl groups is 1. The summed E-state index contributed by atoms with van der Waals surface area (Å²) in [5, 5.41) is 9.98. The zero-order valence-corrected chi connectivity index (χ0v) is 11.2. The topological polar surface area (TPSA) is 36.6 Å². The van der Waals surface area contributed by atoms with E-state index in [1.54, 1.807) is 0 Å². The molecule has 4 heteroatoms. The third-order valence-corrected chi connectivity index (χ3v) is 3.59. The van der Waals surface area contributed by atoms with Crippen molar-refractivity contribution in [3.8, 4) is 0 Å². The molecule has 16 heavy (non-hydrogen) atoms. The Labute approximate surface area is 105 Å². The second-order valence-electron chi connectivity index (χ2n) is 4.83. The van der Waals surface area contributed by atoms with Gasteiger partial charge in [-0.1, -0.05) is 0 Å². The largest absolute Gasteiger partial charge is 0.453 e. The maximum absolute atomic E-state index is 9.98. The standard InChI is InChI=1S/C12H18BrNO2/c1-12(15)5-2-7-14(8-6-12)9-10-3-4-11(13)16-10/h3-4,15H,2,5-9H2,1H3. The molecular weight excluding hydrogens is 270 g/mol. The monoisotopic (exact) mass is 287 g/mol. The van der Waals surface area contributed by atoms with Crippen LogP contribution in [-0.4, -0.2) is 28.7 Å². The van der Waals surface area contributed by atoms with Gasteiger partial charge >= 0.3 is 0 Å². The Bertz CT molecular complexity index is 349. The SMILES string of the molecule is CC1(O)CCCN(Cc2ccc(Br)o2)CC1. The smallest absolute Gasteiger partial charge is 0.169 e. The van der Waals surface area contributed by atoms with Gasteiger partial charge in [-0.25, -0.2) is 0 Å². The van der Waals surface area contributed by atoms with Crippen LogP contribution >= 0.6 is 15.9 Å². The van der Waals surface area contributed by atoms with Crippen LogP contribution < -0.4 is 0 Å². The fraction of sp³-hybridized carbons (Fsp3) is 0.667. The highest BCUT2D eigenvalue weighted by atomic mass is 79.9. The van der Waals surface area contributed by atoms with E-state index in [-0.39, 0.29) is 0 Å². The van der Waals surface area contributed by atoms with Crippen molar-refractivity contribution >= 4 is 15.9 Å². The maximum Gasteiger partial charge on any atom is 0.169 e. The highest BCUT2D eigenvalue weighted by Crippen LogP contribution is 2.23. The Morgan fingerprint density at radius 2 is 2.25 bits per heavy atom. The summed E-state index contributed by atoms with van der Waals surface area (Å²) >= 11 is 3.31. The molecule has 1 unspecified atom stereocenters. The molecular formula is C12H18BrNO2. The Balaban J connectivity index is 1.91. The highest BCUT2D eigenvalue weighted by Gasteiger charge is 2.25. The molecule has 0 saturated carbocycles. The van der Waals surface area contributed by atoms with E-state index in [0.717, 1.165) is 49.3 Å². The third-order valence-electron chi connectivity index (χ3n) is 3.16. The molecule has 2 heterocycles. The van der Waals surface area contributed by atoms with Gasteiger partial charge in [-0.05, 0) is 60.8 Å². The summed E-state index contributed by atoms with van der Waals surface area (Å²) in [6.45, 7) is 4.74. The minimum atomic E-state index is -0.488. The molecule has 0 bridgehead atoms. The van der Waals surface area contributed by atoms with Crippen LogP contribution in [0.25, 0.3) is 0 Å². The predicted octanol–water partition coefficient (Wildman–Crippen LogP) is 2.78. The molecule has 1 aromatic rings. The summed E-state index contributed by atoms with van der Waals surface area (Å²) in [6.07, 6.45) is 2.79. The molecule has 1 aromatic heterocycles. The van der Waals surface area contributed by atoms with E-state index in [2.05, 4.69) is 20.8 Å². The lowest BCUT2D eigenvalue weighted by Crippen LogP contribution is -2.28. The van der Waals surface area contributed by atoms with Crippen LogP contribution in [0.15, 0.2) is 21.2 Å². The number of nitrogens with zero attached hydrogens (tertiary/aromatic N) is 1. The van der Waals surface area contributed by atoms with Crippen molar-refractivity contribution in [2.45, 2.75) is 38.3 Å². The highest BCUT2D eigenvalue weighted by molar-refractivity contribution is 9.10. The molecule has 1 saturated heterocycles. The van der Waals surface area contributed by atoms with Crippen LogP contribution in [0.1, 0.15) is 31.9 Å². The van der Waals surface area contributed by atoms with E-state index in [1.165, 1.54) is 0 Å². The van der Waals surface area contributed by atoms with E-state index < -0.39 is 5.60 Å². The first kappa shape index (κ1) is 12.1. The van der Waals surface area contributed by atoms with Crippen LogP contribution in [0.2, 0.25) is 0 Å². The van der Waals surface area contributed by atoms with Crippen molar-refractivity contribution in [3.05, 3.63) is 22.6 Å². The maximum atomic E-state index is 9.98. The summed E-state index contributed by atoms with van der Waals surface area (Å²) in [4.78, 5) is 2.34. The van der Waals surface area contributed by atoms with Crippen molar-refractivity contribution in [3.63, 3.8) is 0 Å². The van der Waals surface area contributed by atoms with Crippen molar-refractivity contribution in [1.29, 1.82) is 0 Å². The molecule has 1 fully saturated rings. The molecule has 1 atom stereocenters. The van der Waals surface area contributed by atoms with Gasteiger partial charge in [-0.2, -0.15) is 0 Å². The first-order valence-electron chi connectivity index (χ1n) is 5.74. The molecule has 2 rings (SSSR count). The van der Waals surface area contributed by atoms with E-state index in [0.29, 0.717) is 0 Å².